The van der Waals surface area contributed by atoms with E-state index in [2.05, 4.69) is 0 Å². The fourth-order valence-electron chi connectivity index (χ4n) is 1.41. The highest BCUT2D eigenvalue weighted by molar-refractivity contribution is 5.65. The van der Waals surface area contributed by atoms with E-state index in [-0.39, 0.29) is 5.76 Å². The third kappa shape index (κ3) is 1.77. The number of allylic oxidation sites excluding steroid dienone is 5. The summed E-state index contributed by atoms with van der Waals surface area (Å²) in [4.78, 5) is 0. The second-order valence-electron chi connectivity index (χ2n) is 3.16. The molecular formula is C13H12O. The topological polar surface area (TPSA) is 20.2 Å². The minimum atomic E-state index is 0.268. The molecular weight excluding hydrogens is 172 g/mol. The van der Waals surface area contributed by atoms with E-state index in [4.69, 9.17) is 1.37 Å². The van der Waals surface area contributed by atoms with Crippen LogP contribution in [0.1, 0.15) is 13.4 Å². The minimum absolute atomic E-state index is 0.268. The molecule has 14 heavy (non-hydrogen) atoms. The van der Waals surface area contributed by atoms with Crippen molar-refractivity contribution in [3.63, 3.8) is 0 Å². The number of benzene rings is 1. The molecule has 1 aromatic carbocycles. The van der Waals surface area contributed by atoms with Crippen LogP contribution in [0.2, 0.25) is 0 Å². The molecule has 70 valence electrons. The first kappa shape index (κ1) is 7.63. The van der Waals surface area contributed by atoms with Crippen molar-refractivity contribution < 1.29 is 6.48 Å². The Hall–Kier alpha value is -1.76. The van der Waals surface area contributed by atoms with Crippen LogP contribution < -0.4 is 0 Å². The molecule has 0 saturated carbocycles. The zero-order valence-corrected chi connectivity index (χ0v) is 7.77. The zero-order chi connectivity index (χ0) is 10.7. The summed E-state index contributed by atoms with van der Waals surface area (Å²) in [7, 11) is 0. The number of rotatable bonds is 1. The van der Waals surface area contributed by atoms with Crippen molar-refractivity contribution in [3.8, 4) is 0 Å². The molecule has 0 saturated heterocycles. The zero-order valence-electron chi connectivity index (χ0n) is 8.77. The first-order valence-electron chi connectivity index (χ1n) is 5.10. The summed E-state index contributed by atoms with van der Waals surface area (Å²) >= 11 is 0. The SMILES string of the molecule is [2H]c1cccc(/C(O)=C2/C=CC=CC2)c1. The van der Waals surface area contributed by atoms with Crippen LogP contribution in [0.15, 0.2) is 60.2 Å². The van der Waals surface area contributed by atoms with Gasteiger partial charge in [-0.1, -0.05) is 54.6 Å². The van der Waals surface area contributed by atoms with Crippen LogP contribution in [-0.4, -0.2) is 5.11 Å². The van der Waals surface area contributed by atoms with E-state index >= 15 is 0 Å². The second kappa shape index (κ2) is 3.97. The van der Waals surface area contributed by atoms with Crippen molar-refractivity contribution in [2.45, 2.75) is 6.42 Å². The average Bonchev–Trinajstić information content (AvgIpc) is 2.29. The van der Waals surface area contributed by atoms with Crippen molar-refractivity contribution in [1.29, 1.82) is 0 Å². The molecule has 2 rings (SSSR count). The van der Waals surface area contributed by atoms with E-state index in [1.54, 1.807) is 18.2 Å². The number of aliphatic hydroxyl groups is 1. The molecule has 0 radical (unpaired) electrons. The fraction of sp³-hybridized carbons (Fsp3) is 0.0769. The third-order valence-corrected chi connectivity index (χ3v) is 2.17. The number of hydrogen-bond acceptors (Lipinski definition) is 1. The Bertz CT molecular complexity index is 455. The summed E-state index contributed by atoms with van der Waals surface area (Å²) < 4.78 is 7.48. The van der Waals surface area contributed by atoms with E-state index in [0.717, 1.165) is 12.0 Å². The molecule has 0 amide bonds. The van der Waals surface area contributed by atoms with Gasteiger partial charge >= 0.3 is 0 Å². The molecule has 0 bridgehead atoms. The van der Waals surface area contributed by atoms with E-state index in [1.165, 1.54) is 0 Å². The summed E-state index contributed by atoms with van der Waals surface area (Å²) in [5.41, 5.74) is 1.60. The van der Waals surface area contributed by atoms with Crippen molar-refractivity contribution in [1.82, 2.24) is 0 Å². The van der Waals surface area contributed by atoms with Crippen LogP contribution in [0.25, 0.3) is 5.76 Å². The van der Waals surface area contributed by atoms with Gasteiger partial charge < -0.3 is 5.11 Å². The van der Waals surface area contributed by atoms with Crippen LogP contribution in [0, 0.1) is 0 Å². The maximum Gasteiger partial charge on any atom is 0.126 e. The molecule has 0 unspecified atom stereocenters. The van der Waals surface area contributed by atoms with Crippen molar-refractivity contribution in [2.75, 3.05) is 0 Å². The van der Waals surface area contributed by atoms with Crippen LogP contribution in [-0.2, 0) is 0 Å². The Morgan fingerprint density at radius 1 is 1.29 bits per heavy atom. The Labute approximate surface area is 85.1 Å². The standard InChI is InChI=1S/C13H12O/c14-13(11-7-3-1-4-8-11)12-9-5-2-6-10-12/h1-9,14H,10H2/b13-12+/i3D. The molecule has 1 heteroatoms. The smallest absolute Gasteiger partial charge is 0.126 e. The van der Waals surface area contributed by atoms with Gasteiger partial charge in [-0.15, -0.1) is 0 Å². The highest BCUT2D eigenvalue weighted by Crippen LogP contribution is 2.21. The lowest BCUT2D eigenvalue weighted by Crippen LogP contribution is -1.90. The van der Waals surface area contributed by atoms with Crippen LogP contribution in [0.3, 0.4) is 0 Å². The van der Waals surface area contributed by atoms with Gasteiger partial charge in [0, 0.05) is 5.56 Å². The molecule has 1 nitrogen and oxygen atoms in total. The Morgan fingerprint density at radius 3 is 2.93 bits per heavy atom. The van der Waals surface area contributed by atoms with Gasteiger partial charge in [0.2, 0.25) is 0 Å². The predicted molar refractivity (Wildman–Crippen MR) is 58.9 cm³/mol. The lowest BCUT2D eigenvalue weighted by Gasteiger charge is -2.07. The van der Waals surface area contributed by atoms with Gasteiger partial charge in [0.05, 0.1) is 1.37 Å². The molecule has 1 aliphatic rings. The second-order valence-corrected chi connectivity index (χ2v) is 3.16. The van der Waals surface area contributed by atoms with E-state index in [1.807, 2.05) is 30.4 Å². The predicted octanol–water partition coefficient (Wildman–Crippen LogP) is 3.47. The lowest BCUT2D eigenvalue weighted by molar-refractivity contribution is 0.507. The van der Waals surface area contributed by atoms with Crippen LogP contribution in [0.5, 0.6) is 0 Å². The van der Waals surface area contributed by atoms with Gasteiger partial charge in [-0.3, -0.25) is 0 Å². The largest absolute Gasteiger partial charge is 0.507 e. The number of aliphatic hydroxyl groups excluding tert-OH is 1. The minimum Gasteiger partial charge on any atom is -0.507 e. The summed E-state index contributed by atoms with van der Waals surface area (Å²) in [6.45, 7) is 0. The first-order valence-corrected chi connectivity index (χ1v) is 4.60. The van der Waals surface area contributed by atoms with Gasteiger partial charge in [-0.05, 0) is 12.0 Å². The molecule has 0 spiro atoms. The van der Waals surface area contributed by atoms with E-state index in [9.17, 15) is 5.11 Å². The quantitative estimate of drug-likeness (QED) is 0.664. The number of hydrogen-bond donors (Lipinski definition) is 1. The van der Waals surface area contributed by atoms with E-state index < -0.39 is 0 Å². The average molecular weight is 185 g/mol. The Balaban J connectivity index is 2.39. The first-order chi connectivity index (χ1) is 7.27. The lowest BCUT2D eigenvalue weighted by atomic mass is 10.0. The summed E-state index contributed by atoms with van der Waals surface area (Å²) in [6, 6.07) is 7.35. The van der Waals surface area contributed by atoms with Gasteiger partial charge in [-0.25, -0.2) is 0 Å². The molecule has 0 aromatic heterocycles. The highest BCUT2D eigenvalue weighted by Gasteiger charge is 2.04. The van der Waals surface area contributed by atoms with Crippen molar-refractivity contribution >= 4 is 5.76 Å². The van der Waals surface area contributed by atoms with Gasteiger partial charge in [0.25, 0.3) is 0 Å². The van der Waals surface area contributed by atoms with Crippen LogP contribution in [0.4, 0.5) is 0 Å². The maximum absolute atomic E-state index is 9.98. The summed E-state index contributed by atoms with van der Waals surface area (Å²) in [5.74, 6) is 0.268. The molecule has 0 heterocycles. The molecule has 1 N–H and O–H groups in total. The molecule has 0 fully saturated rings. The Morgan fingerprint density at radius 2 is 2.21 bits per heavy atom. The van der Waals surface area contributed by atoms with E-state index in [0.29, 0.717) is 11.6 Å². The van der Waals surface area contributed by atoms with Gasteiger partial charge in [0.15, 0.2) is 0 Å². The molecule has 0 atom stereocenters. The van der Waals surface area contributed by atoms with Gasteiger partial charge in [-0.2, -0.15) is 0 Å². The molecule has 0 aliphatic heterocycles. The van der Waals surface area contributed by atoms with Crippen molar-refractivity contribution in [2.24, 2.45) is 0 Å². The van der Waals surface area contributed by atoms with Crippen LogP contribution >= 0.6 is 0 Å². The molecule has 1 aliphatic carbocycles. The fourth-order valence-corrected chi connectivity index (χ4v) is 1.41. The normalized spacial score (nSPS) is 19.3. The summed E-state index contributed by atoms with van der Waals surface area (Å²) in [5, 5.41) is 9.98. The maximum atomic E-state index is 9.98. The highest BCUT2D eigenvalue weighted by atomic mass is 16.3. The monoisotopic (exact) mass is 185 g/mol. The third-order valence-electron chi connectivity index (χ3n) is 2.17. The molecule has 1 aromatic rings. The summed E-state index contributed by atoms with van der Waals surface area (Å²) in [6.07, 6.45) is 8.49. The Kier molecular flexibility index (Phi) is 2.16. The van der Waals surface area contributed by atoms with Crippen molar-refractivity contribution in [3.05, 3.63) is 65.7 Å². The van der Waals surface area contributed by atoms with Gasteiger partial charge in [0.1, 0.15) is 5.76 Å².